The minimum Gasteiger partial charge on any atom is -0.440 e. The fourth-order valence-corrected chi connectivity index (χ4v) is 1.63. The summed E-state index contributed by atoms with van der Waals surface area (Å²) in [7, 11) is 0. The van der Waals surface area contributed by atoms with Gasteiger partial charge in [0.05, 0.1) is 12.7 Å². The van der Waals surface area contributed by atoms with Gasteiger partial charge in [-0.15, -0.1) is 0 Å². The number of rotatable bonds is 3. The summed E-state index contributed by atoms with van der Waals surface area (Å²) in [6.07, 6.45) is 0.0168. The zero-order chi connectivity index (χ0) is 11.4. The van der Waals surface area contributed by atoms with Crippen LogP contribution in [-0.4, -0.2) is 38.3 Å². The van der Waals surface area contributed by atoms with Crippen molar-refractivity contribution in [2.45, 2.75) is 6.10 Å². The second-order valence-corrected chi connectivity index (χ2v) is 3.88. The summed E-state index contributed by atoms with van der Waals surface area (Å²) in [4.78, 5) is 11.6. The Balaban J connectivity index is 1.79. The summed E-state index contributed by atoms with van der Waals surface area (Å²) in [5, 5.41) is 6.12. The van der Waals surface area contributed by atoms with Crippen molar-refractivity contribution >= 4 is 17.5 Å². The van der Waals surface area contributed by atoms with Gasteiger partial charge in [-0.2, -0.15) is 0 Å². The first kappa shape index (κ1) is 11.4. The predicted molar refractivity (Wildman–Crippen MR) is 58.7 cm³/mol. The molecule has 0 aromatic carbocycles. The first-order valence-corrected chi connectivity index (χ1v) is 5.49. The molecular weight excluding hydrogens is 232 g/mol. The molecule has 1 amide bonds. The van der Waals surface area contributed by atoms with Crippen molar-refractivity contribution in [1.29, 1.82) is 0 Å². The minimum absolute atomic E-state index is 0.0168. The number of furan rings is 1. The highest BCUT2D eigenvalue weighted by Crippen LogP contribution is 2.12. The van der Waals surface area contributed by atoms with Gasteiger partial charge in [0.2, 0.25) is 0 Å². The smallest absolute Gasteiger partial charge is 0.287 e. The zero-order valence-electron chi connectivity index (χ0n) is 8.66. The van der Waals surface area contributed by atoms with Gasteiger partial charge in [0.1, 0.15) is 0 Å². The van der Waals surface area contributed by atoms with E-state index in [1.807, 2.05) is 0 Å². The first-order valence-electron chi connectivity index (χ1n) is 5.11. The number of amides is 1. The normalized spacial score (nSPS) is 20.7. The highest BCUT2D eigenvalue weighted by atomic mass is 35.5. The molecule has 5 nitrogen and oxygen atoms in total. The van der Waals surface area contributed by atoms with E-state index in [0.29, 0.717) is 13.2 Å². The Morgan fingerprint density at radius 1 is 1.62 bits per heavy atom. The van der Waals surface area contributed by atoms with Gasteiger partial charge in [-0.25, -0.2) is 0 Å². The van der Waals surface area contributed by atoms with Crippen molar-refractivity contribution in [3.05, 3.63) is 23.1 Å². The number of carbonyl (C=O) groups is 1. The quantitative estimate of drug-likeness (QED) is 0.820. The Bertz CT molecular complexity index is 361. The summed E-state index contributed by atoms with van der Waals surface area (Å²) in [5.74, 6) is -0.0603. The molecule has 2 rings (SSSR count). The molecule has 1 fully saturated rings. The molecule has 0 bridgehead atoms. The highest BCUT2D eigenvalue weighted by molar-refractivity contribution is 6.29. The Morgan fingerprint density at radius 3 is 3.12 bits per heavy atom. The largest absolute Gasteiger partial charge is 0.440 e. The number of ether oxygens (including phenoxy) is 1. The van der Waals surface area contributed by atoms with Crippen LogP contribution in [0.25, 0.3) is 0 Å². The van der Waals surface area contributed by atoms with E-state index in [0.717, 1.165) is 13.1 Å². The Morgan fingerprint density at radius 2 is 2.50 bits per heavy atom. The summed E-state index contributed by atoms with van der Waals surface area (Å²) in [6.45, 7) is 2.74. The fraction of sp³-hybridized carbons (Fsp3) is 0.500. The van der Waals surface area contributed by atoms with Gasteiger partial charge >= 0.3 is 0 Å². The van der Waals surface area contributed by atoms with E-state index in [1.54, 1.807) is 0 Å². The molecular formula is C10H13ClN2O3. The maximum atomic E-state index is 11.6. The van der Waals surface area contributed by atoms with E-state index in [1.165, 1.54) is 12.1 Å². The van der Waals surface area contributed by atoms with Crippen LogP contribution in [-0.2, 0) is 4.74 Å². The second-order valence-electron chi connectivity index (χ2n) is 3.51. The molecule has 1 aromatic rings. The molecule has 1 aromatic heterocycles. The number of hydrogen-bond donors (Lipinski definition) is 2. The van der Waals surface area contributed by atoms with Crippen LogP contribution in [0, 0.1) is 0 Å². The lowest BCUT2D eigenvalue weighted by Crippen LogP contribution is -2.45. The lowest BCUT2D eigenvalue weighted by molar-refractivity contribution is 0.0284. The van der Waals surface area contributed by atoms with E-state index in [4.69, 9.17) is 20.8 Å². The van der Waals surface area contributed by atoms with Crippen molar-refractivity contribution in [2.24, 2.45) is 0 Å². The van der Waals surface area contributed by atoms with Gasteiger partial charge in [0.25, 0.3) is 5.91 Å². The SMILES string of the molecule is O=C(NCC1CNCCO1)c1ccc(Cl)o1. The Hall–Kier alpha value is -1.04. The molecule has 1 atom stereocenters. The zero-order valence-corrected chi connectivity index (χ0v) is 9.42. The van der Waals surface area contributed by atoms with Crippen molar-refractivity contribution < 1.29 is 13.9 Å². The Labute approximate surface area is 98.1 Å². The van der Waals surface area contributed by atoms with Crippen molar-refractivity contribution in [3.63, 3.8) is 0 Å². The molecule has 6 heteroatoms. The maximum Gasteiger partial charge on any atom is 0.287 e. The summed E-state index contributed by atoms with van der Waals surface area (Å²) in [6, 6.07) is 3.08. The molecule has 0 saturated carbocycles. The molecule has 1 unspecified atom stereocenters. The van der Waals surface area contributed by atoms with Crippen LogP contribution in [0.3, 0.4) is 0 Å². The van der Waals surface area contributed by atoms with Gasteiger partial charge in [-0.3, -0.25) is 4.79 Å². The number of halogens is 1. The topological polar surface area (TPSA) is 63.5 Å². The van der Waals surface area contributed by atoms with Gasteiger partial charge in [0.15, 0.2) is 11.0 Å². The van der Waals surface area contributed by atoms with Crippen LogP contribution in [0.1, 0.15) is 10.6 Å². The molecule has 1 saturated heterocycles. The highest BCUT2D eigenvalue weighted by Gasteiger charge is 2.16. The van der Waals surface area contributed by atoms with E-state index in [9.17, 15) is 4.79 Å². The summed E-state index contributed by atoms with van der Waals surface area (Å²) in [5.41, 5.74) is 0. The number of nitrogens with one attached hydrogen (secondary N) is 2. The van der Waals surface area contributed by atoms with E-state index < -0.39 is 0 Å². The first-order chi connectivity index (χ1) is 7.75. The van der Waals surface area contributed by atoms with E-state index in [-0.39, 0.29) is 23.0 Å². The van der Waals surface area contributed by atoms with Gasteiger partial charge in [-0.1, -0.05) is 0 Å². The summed E-state index contributed by atoms with van der Waals surface area (Å²) >= 11 is 5.57. The molecule has 0 spiro atoms. The standard InChI is InChI=1S/C10H13ClN2O3/c11-9-2-1-8(16-9)10(14)13-6-7-5-12-3-4-15-7/h1-2,7,12H,3-6H2,(H,13,14). The molecule has 2 N–H and O–H groups in total. The molecule has 1 aliphatic heterocycles. The average Bonchev–Trinajstić information content (AvgIpc) is 2.74. The average molecular weight is 245 g/mol. The van der Waals surface area contributed by atoms with Crippen LogP contribution in [0.5, 0.6) is 0 Å². The van der Waals surface area contributed by atoms with Crippen molar-refractivity contribution in [1.82, 2.24) is 10.6 Å². The maximum absolute atomic E-state index is 11.6. The number of morpholine rings is 1. The molecule has 16 heavy (non-hydrogen) atoms. The number of carbonyl (C=O) groups excluding carboxylic acids is 1. The predicted octanol–water partition coefficient (Wildman–Crippen LogP) is 0.651. The fourth-order valence-electron chi connectivity index (χ4n) is 1.48. The lowest BCUT2D eigenvalue weighted by Gasteiger charge is -2.23. The molecule has 0 radical (unpaired) electrons. The molecule has 1 aliphatic rings. The molecule has 2 heterocycles. The van der Waals surface area contributed by atoms with Gasteiger partial charge < -0.3 is 19.8 Å². The molecule has 88 valence electrons. The monoisotopic (exact) mass is 244 g/mol. The summed E-state index contributed by atoms with van der Waals surface area (Å²) < 4.78 is 10.4. The van der Waals surface area contributed by atoms with Crippen molar-refractivity contribution in [2.75, 3.05) is 26.2 Å². The van der Waals surface area contributed by atoms with Crippen molar-refractivity contribution in [3.8, 4) is 0 Å². The third-order valence-electron chi connectivity index (χ3n) is 2.29. The Kier molecular flexibility index (Phi) is 3.82. The van der Waals surface area contributed by atoms with Crippen LogP contribution >= 0.6 is 11.6 Å². The second kappa shape index (κ2) is 5.34. The number of hydrogen-bond acceptors (Lipinski definition) is 4. The molecule has 0 aliphatic carbocycles. The van der Waals surface area contributed by atoms with E-state index >= 15 is 0 Å². The van der Waals surface area contributed by atoms with Crippen LogP contribution < -0.4 is 10.6 Å². The minimum atomic E-state index is -0.277. The third-order valence-corrected chi connectivity index (χ3v) is 2.49. The van der Waals surface area contributed by atoms with Crippen LogP contribution in [0.15, 0.2) is 16.5 Å². The van der Waals surface area contributed by atoms with Crippen LogP contribution in [0.4, 0.5) is 0 Å². The van der Waals surface area contributed by atoms with Gasteiger partial charge in [-0.05, 0) is 23.7 Å². The van der Waals surface area contributed by atoms with Gasteiger partial charge in [0, 0.05) is 19.6 Å². The van der Waals surface area contributed by atoms with E-state index in [2.05, 4.69) is 10.6 Å². The third kappa shape index (κ3) is 2.98. The van der Waals surface area contributed by atoms with Crippen LogP contribution in [0.2, 0.25) is 5.22 Å². The lowest BCUT2D eigenvalue weighted by atomic mass is 10.3.